The number of ether oxygens (including phenoxy) is 2. The summed E-state index contributed by atoms with van der Waals surface area (Å²) in [6.07, 6.45) is 9.84. The van der Waals surface area contributed by atoms with Crippen LogP contribution in [-0.4, -0.2) is 24.2 Å². The van der Waals surface area contributed by atoms with Crippen molar-refractivity contribution in [1.82, 2.24) is 21.3 Å². The third-order valence-corrected chi connectivity index (χ3v) is 14.8. The Bertz CT molecular complexity index is 2490. The van der Waals surface area contributed by atoms with E-state index in [1.165, 1.54) is 118 Å². The zero-order valence-corrected chi connectivity index (χ0v) is 40.1. The van der Waals surface area contributed by atoms with Gasteiger partial charge in [-0.05, 0) is 141 Å². The van der Waals surface area contributed by atoms with E-state index in [9.17, 15) is 0 Å². The molecular formula is C64H64N4O2. The first-order valence-electron chi connectivity index (χ1n) is 25.7. The topological polar surface area (TPSA) is 66.6 Å². The first-order valence-corrected chi connectivity index (χ1v) is 25.7. The van der Waals surface area contributed by atoms with Crippen LogP contribution in [0.3, 0.4) is 0 Å². The molecule has 0 saturated heterocycles. The van der Waals surface area contributed by atoms with Crippen molar-refractivity contribution in [2.75, 3.05) is 0 Å². The Hall–Kier alpha value is -6.80. The Morgan fingerprint density at radius 2 is 0.400 bits per heavy atom. The Kier molecular flexibility index (Phi) is 14.3. The molecular weight excluding hydrogens is 857 g/mol. The molecule has 6 nitrogen and oxygen atoms in total. The van der Waals surface area contributed by atoms with E-state index in [4.69, 9.17) is 9.47 Å². The Balaban J connectivity index is 0.777. The Labute approximate surface area is 414 Å². The SMILES string of the molecule is c1cc2ccc1CN[C@@H]1CCCC[C@H]1NCc1ccc(cc1)-c1ccc(cc1)Oc1ccc(cc1)-c1ccc(cc1)CN[C@@H]1CCCC[C@H]1NCc1ccc(cc1)-c1ccc(cc1)Oc1ccc-2cc1. The number of hydrogen-bond donors (Lipinski definition) is 4. The van der Waals surface area contributed by atoms with Crippen LogP contribution < -0.4 is 30.7 Å². The number of nitrogens with one attached hydrogen (secondary N) is 4. The molecule has 0 aromatic heterocycles. The average Bonchev–Trinajstić information content (AvgIpc) is 3.42. The normalized spacial score (nSPS) is 19.9. The highest BCUT2D eigenvalue weighted by atomic mass is 16.5. The van der Waals surface area contributed by atoms with Gasteiger partial charge in [-0.1, -0.05) is 171 Å². The molecule has 32 rings (SSSR count). The maximum atomic E-state index is 6.30. The van der Waals surface area contributed by atoms with Crippen LogP contribution in [0.5, 0.6) is 23.0 Å². The molecule has 24 aliphatic rings. The van der Waals surface area contributed by atoms with Crippen molar-refractivity contribution < 1.29 is 9.47 Å². The average molecular weight is 921 g/mol. The molecule has 0 spiro atoms. The lowest BCUT2D eigenvalue weighted by Gasteiger charge is -2.33. The fraction of sp³-hybridized carbons (Fsp3) is 0.250. The van der Waals surface area contributed by atoms with Gasteiger partial charge in [-0.25, -0.2) is 0 Å². The standard InChI is InChI=1S/C64H64N4O2/c1-2-6-62-61(5-1)65-41-45-9-17-49(18-10-45)53-25-33-57(34-26-53)69-59-37-29-55(30-38-59)51-21-13-47(14-22-51)43-67-63-7-3-4-8-64(63)68-44-48-15-23-52(24-16-48)56-31-39-60(40-32-56)70-58-35-27-54(28-36-58)50-19-11-46(12-20-50)42-66-62/h9-40,61-68H,1-8,41-44H2/t61-,62-,63-,64-/m1/s1. The first-order chi connectivity index (χ1) is 34.6. The van der Waals surface area contributed by atoms with Crippen LogP contribution in [0, 0.1) is 0 Å². The third-order valence-electron chi connectivity index (χ3n) is 14.8. The van der Waals surface area contributed by atoms with Gasteiger partial charge in [-0.2, -0.15) is 0 Å². The smallest absolute Gasteiger partial charge is 0.127 e. The Morgan fingerprint density at radius 1 is 0.229 bits per heavy atom. The second-order valence-electron chi connectivity index (χ2n) is 19.6. The predicted molar refractivity (Wildman–Crippen MR) is 287 cm³/mol. The van der Waals surface area contributed by atoms with Crippen molar-refractivity contribution in [2.24, 2.45) is 0 Å². The third kappa shape index (κ3) is 11.4. The van der Waals surface area contributed by atoms with Gasteiger partial charge >= 0.3 is 0 Å². The van der Waals surface area contributed by atoms with E-state index in [0.717, 1.165) is 49.2 Å². The maximum Gasteiger partial charge on any atom is 0.127 e. The van der Waals surface area contributed by atoms with E-state index >= 15 is 0 Å². The van der Waals surface area contributed by atoms with E-state index in [2.05, 4.69) is 215 Å². The molecule has 2 aliphatic carbocycles. The molecule has 8 aromatic carbocycles. The summed E-state index contributed by atoms with van der Waals surface area (Å²) >= 11 is 0. The molecule has 22 aliphatic heterocycles. The van der Waals surface area contributed by atoms with Gasteiger partial charge in [0.25, 0.3) is 0 Å². The van der Waals surface area contributed by atoms with Crippen molar-refractivity contribution in [3.8, 4) is 67.5 Å². The highest BCUT2D eigenvalue weighted by molar-refractivity contribution is 5.68. The van der Waals surface area contributed by atoms with Crippen LogP contribution in [0.4, 0.5) is 0 Å². The second-order valence-corrected chi connectivity index (χ2v) is 19.6. The number of rotatable bonds is 0. The van der Waals surface area contributed by atoms with Crippen LogP contribution in [-0.2, 0) is 26.2 Å². The molecule has 8 aromatic rings. The summed E-state index contributed by atoms with van der Waals surface area (Å²) in [4.78, 5) is 0. The molecule has 16 bridgehead atoms. The summed E-state index contributed by atoms with van der Waals surface area (Å²) in [5, 5.41) is 15.7. The van der Waals surface area contributed by atoms with Crippen LogP contribution in [0.25, 0.3) is 44.5 Å². The van der Waals surface area contributed by atoms with E-state index in [1.54, 1.807) is 0 Å². The van der Waals surface area contributed by atoms with E-state index in [1.807, 2.05) is 0 Å². The van der Waals surface area contributed by atoms with Crippen molar-refractivity contribution in [3.63, 3.8) is 0 Å². The summed E-state index contributed by atoms with van der Waals surface area (Å²) in [6, 6.07) is 71.4. The lowest BCUT2D eigenvalue weighted by atomic mass is 9.90. The van der Waals surface area contributed by atoms with Crippen LogP contribution in [0.15, 0.2) is 194 Å². The highest BCUT2D eigenvalue weighted by Crippen LogP contribution is 2.32. The molecule has 4 N–H and O–H groups in total. The summed E-state index contributed by atoms with van der Waals surface area (Å²) in [6.45, 7) is 3.43. The fourth-order valence-electron chi connectivity index (χ4n) is 10.6. The predicted octanol–water partition coefficient (Wildman–Crippen LogP) is 14.6. The molecule has 352 valence electrons. The molecule has 2 saturated carbocycles. The summed E-state index contributed by atoms with van der Waals surface area (Å²) in [7, 11) is 0. The van der Waals surface area contributed by atoms with Crippen molar-refractivity contribution in [2.45, 2.75) is 102 Å². The minimum Gasteiger partial charge on any atom is -0.457 e. The van der Waals surface area contributed by atoms with Crippen LogP contribution in [0.1, 0.15) is 73.6 Å². The summed E-state index contributed by atoms with van der Waals surface area (Å²) < 4.78 is 12.6. The Morgan fingerprint density at radius 3 is 0.586 bits per heavy atom. The minimum absolute atomic E-state index is 0.442. The zero-order chi connectivity index (χ0) is 46.9. The highest BCUT2D eigenvalue weighted by Gasteiger charge is 2.25. The van der Waals surface area contributed by atoms with Gasteiger partial charge in [0.05, 0.1) is 0 Å². The molecule has 70 heavy (non-hydrogen) atoms. The lowest BCUT2D eigenvalue weighted by molar-refractivity contribution is 0.281. The molecule has 0 unspecified atom stereocenters. The zero-order valence-electron chi connectivity index (χ0n) is 40.1. The quantitative estimate of drug-likeness (QED) is 0.122. The number of hydrogen-bond acceptors (Lipinski definition) is 6. The minimum atomic E-state index is 0.442. The van der Waals surface area contributed by atoms with Gasteiger partial charge in [0, 0.05) is 50.3 Å². The van der Waals surface area contributed by atoms with Gasteiger partial charge in [0.1, 0.15) is 23.0 Å². The van der Waals surface area contributed by atoms with Crippen LogP contribution >= 0.6 is 0 Å². The van der Waals surface area contributed by atoms with Crippen molar-refractivity contribution >= 4 is 0 Å². The van der Waals surface area contributed by atoms with Crippen molar-refractivity contribution in [3.05, 3.63) is 216 Å². The first kappa shape index (κ1) is 45.6. The largest absolute Gasteiger partial charge is 0.457 e. The monoisotopic (exact) mass is 921 g/mol. The van der Waals surface area contributed by atoms with Gasteiger partial charge in [-0.15, -0.1) is 0 Å². The van der Waals surface area contributed by atoms with E-state index < -0.39 is 0 Å². The van der Waals surface area contributed by atoms with Gasteiger partial charge < -0.3 is 30.7 Å². The van der Waals surface area contributed by atoms with E-state index in [0.29, 0.717) is 24.2 Å². The second kappa shape index (κ2) is 21.9. The molecule has 4 atom stereocenters. The molecule has 0 amide bonds. The molecule has 0 radical (unpaired) electrons. The van der Waals surface area contributed by atoms with E-state index in [-0.39, 0.29) is 0 Å². The lowest BCUT2D eigenvalue weighted by Crippen LogP contribution is -2.49. The summed E-state index contributed by atoms with van der Waals surface area (Å²) in [5.41, 5.74) is 14.7. The fourth-order valence-corrected chi connectivity index (χ4v) is 10.6. The number of benzene rings is 8. The molecule has 22 heterocycles. The van der Waals surface area contributed by atoms with Gasteiger partial charge in [0.2, 0.25) is 0 Å². The van der Waals surface area contributed by atoms with Crippen LogP contribution in [0.2, 0.25) is 0 Å². The van der Waals surface area contributed by atoms with Crippen molar-refractivity contribution in [1.29, 1.82) is 0 Å². The summed E-state index contributed by atoms with van der Waals surface area (Å²) in [5.74, 6) is 3.31. The van der Waals surface area contributed by atoms with Gasteiger partial charge in [-0.3, -0.25) is 0 Å². The molecule has 2 fully saturated rings. The molecule has 6 heteroatoms. The van der Waals surface area contributed by atoms with Gasteiger partial charge in [0.15, 0.2) is 0 Å². The maximum absolute atomic E-state index is 6.30.